The number of anilines is 2. The van der Waals surface area contributed by atoms with Gasteiger partial charge in [0.1, 0.15) is 5.82 Å². The van der Waals surface area contributed by atoms with E-state index in [-0.39, 0.29) is 11.5 Å². The number of aromatic nitrogens is 6. The Hall–Kier alpha value is -3.49. The number of para-hydroxylation sites is 1. The highest BCUT2D eigenvalue weighted by Gasteiger charge is 2.27. The molecule has 9 nitrogen and oxygen atoms in total. The van der Waals surface area contributed by atoms with Crippen LogP contribution in [0.2, 0.25) is 0 Å². The molecule has 154 valence electrons. The number of benzene rings is 1. The maximum absolute atomic E-state index is 12.7. The fourth-order valence-electron chi connectivity index (χ4n) is 4.12. The van der Waals surface area contributed by atoms with E-state index in [4.69, 9.17) is 10.1 Å². The standard InChI is InChI=1S/C21H24N8O/c1-26(2)18-9-8-17-23-24-19(29(17)25-18)14-10-12-28(13-11-14)21-22-16-7-5-4-6-15(16)20(30)27(21)3/h4-9,14H,10-13H2,1-3H3. The van der Waals surface area contributed by atoms with E-state index in [0.29, 0.717) is 5.39 Å². The van der Waals surface area contributed by atoms with E-state index >= 15 is 0 Å². The summed E-state index contributed by atoms with van der Waals surface area (Å²) in [5, 5.41) is 14.1. The molecule has 0 spiro atoms. The summed E-state index contributed by atoms with van der Waals surface area (Å²) in [6.07, 6.45) is 1.80. The van der Waals surface area contributed by atoms with Gasteiger partial charge in [0.05, 0.1) is 10.9 Å². The third kappa shape index (κ3) is 2.97. The van der Waals surface area contributed by atoms with Gasteiger partial charge < -0.3 is 9.80 Å². The molecular weight excluding hydrogens is 380 g/mol. The van der Waals surface area contributed by atoms with E-state index in [9.17, 15) is 4.79 Å². The van der Waals surface area contributed by atoms with Gasteiger partial charge in [0.2, 0.25) is 5.95 Å². The molecule has 5 rings (SSSR count). The monoisotopic (exact) mass is 404 g/mol. The van der Waals surface area contributed by atoms with Crippen LogP contribution in [0.4, 0.5) is 11.8 Å². The third-order valence-corrected chi connectivity index (χ3v) is 5.83. The first-order valence-corrected chi connectivity index (χ1v) is 10.1. The Balaban J connectivity index is 1.42. The van der Waals surface area contributed by atoms with Gasteiger partial charge in [-0.1, -0.05) is 12.1 Å². The molecule has 9 heteroatoms. The molecule has 1 aromatic carbocycles. The molecule has 0 aliphatic carbocycles. The lowest BCUT2D eigenvalue weighted by atomic mass is 9.96. The molecule has 3 aromatic heterocycles. The second-order valence-electron chi connectivity index (χ2n) is 7.97. The largest absolute Gasteiger partial charge is 0.361 e. The zero-order valence-electron chi connectivity index (χ0n) is 17.4. The fourth-order valence-corrected chi connectivity index (χ4v) is 4.12. The van der Waals surface area contributed by atoms with Gasteiger partial charge in [-0.15, -0.1) is 15.3 Å². The third-order valence-electron chi connectivity index (χ3n) is 5.83. The van der Waals surface area contributed by atoms with E-state index in [1.54, 1.807) is 11.6 Å². The van der Waals surface area contributed by atoms with Crippen molar-refractivity contribution in [3.63, 3.8) is 0 Å². The summed E-state index contributed by atoms with van der Waals surface area (Å²) in [6.45, 7) is 1.59. The molecule has 0 bridgehead atoms. The lowest BCUT2D eigenvalue weighted by molar-refractivity contribution is 0.468. The molecule has 0 unspecified atom stereocenters. The average molecular weight is 404 g/mol. The molecule has 30 heavy (non-hydrogen) atoms. The number of hydrogen-bond acceptors (Lipinski definition) is 7. The van der Waals surface area contributed by atoms with Gasteiger partial charge in [-0.05, 0) is 37.1 Å². The van der Waals surface area contributed by atoms with Crippen molar-refractivity contribution in [2.24, 2.45) is 7.05 Å². The van der Waals surface area contributed by atoms with Gasteiger partial charge in [-0.25, -0.2) is 4.98 Å². The highest BCUT2D eigenvalue weighted by Crippen LogP contribution is 2.29. The van der Waals surface area contributed by atoms with E-state index in [1.807, 2.05) is 59.9 Å². The first kappa shape index (κ1) is 18.5. The van der Waals surface area contributed by atoms with Crippen LogP contribution < -0.4 is 15.4 Å². The van der Waals surface area contributed by atoms with Crippen molar-refractivity contribution in [2.75, 3.05) is 37.0 Å². The topological polar surface area (TPSA) is 84.5 Å². The zero-order chi connectivity index (χ0) is 20.8. The Kier molecular flexibility index (Phi) is 4.38. The molecule has 0 saturated carbocycles. The van der Waals surface area contributed by atoms with E-state index in [1.165, 1.54) is 0 Å². The normalized spacial score (nSPS) is 15.2. The Bertz CT molecular complexity index is 1280. The van der Waals surface area contributed by atoms with Crippen LogP contribution in [0.25, 0.3) is 16.6 Å². The molecule has 1 saturated heterocycles. The van der Waals surface area contributed by atoms with Crippen molar-refractivity contribution in [3.05, 3.63) is 52.6 Å². The summed E-state index contributed by atoms with van der Waals surface area (Å²) in [5.74, 6) is 2.75. The van der Waals surface area contributed by atoms with Crippen molar-refractivity contribution in [1.82, 2.24) is 29.4 Å². The second kappa shape index (κ2) is 7.08. The number of rotatable bonds is 3. The van der Waals surface area contributed by atoms with Crippen LogP contribution in [0.15, 0.2) is 41.2 Å². The Morgan fingerprint density at radius 1 is 1.03 bits per heavy atom. The van der Waals surface area contributed by atoms with Crippen LogP contribution >= 0.6 is 0 Å². The summed E-state index contributed by atoms with van der Waals surface area (Å²) >= 11 is 0. The minimum atomic E-state index is -0.0124. The van der Waals surface area contributed by atoms with Gasteiger partial charge in [0, 0.05) is 40.2 Å². The summed E-state index contributed by atoms with van der Waals surface area (Å²) < 4.78 is 3.51. The van der Waals surface area contributed by atoms with Gasteiger partial charge in [-0.3, -0.25) is 9.36 Å². The maximum Gasteiger partial charge on any atom is 0.262 e. The molecule has 1 aliphatic rings. The highest BCUT2D eigenvalue weighted by molar-refractivity contribution is 5.78. The molecule has 4 heterocycles. The molecular formula is C21H24N8O. The van der Waals surface area contributed by atoms with Gasteiger partial charge in [0.25, 0.3) is 5.56 Å². The zero-order valence-corrected chi connectivity index (χ0v) is 17.4. The first-order valence-electron chi connectivity index (χ1n) is 10.1. The number of piperidine rings is 1. The number of nitrogens with zero attached hydrogens (tertiary/aromatic N) is 8. The molecule has 0 radical (unpaired) electrons. The van der Waals surface area contributed by atoms with Crippen LogP contribution in [0.5, 0.6) is 0 Å². The van der Waals surface area contributed by atoms with Crippen molar-refractivity contribution >= 4 is 28.3 Å². The van der Waals surface area contributed by atoms with E-state index in [0.717, 1.165) is 54.7 Å². The number of fused-ring (bicyclic) bond motifs is 2. The minimum Gasteiger partial charge on any atom is -0.361 e. The molecule has 4 aromatic rings. The van der Waals surface area contributed by atoms with Crippen LogP contribution in [0.1, 0.15) is 24.6 Å². The molecule has 0 amide bonds. The Morgan fingerprint density at radius 2 is 1.80 bits per heavy atom. The van der Waals surface area contributed by atoms with Crippen molar-refractivity contribution < 1.29 is 0 Å². The highest BCUT2D eigenvalue weighted by atomic mass is 16.1. The molecule has 1 aliphatic heterocycles. The maximum atomic E-state index is 12.7. The van der Waals surface area contributed by atoms with Gasteiger partial charge >= 0.3 is 0 Å². The minimum absolute atomic E-state index is 0.0124. The van der Waals surface area contributed by atoms with E-state index in [2.05, 4.69) is 15.1 Å². The Morgan fingerprint density at radius 3 is 2.57 bits per heavy atom. The van der Waals surface area contributed by atoms with Crippen molar-refractivity contribution in [3.8, 4) is 0 Å². The summed E-state index contributed by atoms with van der Waals surface area (Å²) in [6, 6.07) is 11.4. The van der Waals surface area contributed by atoms with Crippen LogP contribution in [0.3, 0.4) is 0 Å². The SMILES string of the molecule is CN(C)c1ccc2nnc(C3CCN(c4nc5ccccc5c(=O)n4C)CC3)n2n1. The summed E-state index contributed by atoms with van der Waals surface area (Å²) in [4.78, 5) is 21.7. The van der Waals surface area contributed by atoms with Crippen LogP contribution in [-0.4, -0.2) is 56.5 Å². The lowest BCUT2D eigenvalue weighted by Gasteiger charge is -2.32. The second-order valence-corrected chi connectivity index (χ2v) is 7.97. The predicted octanol–water partition coefficient (Wildman–Crippen LogP) is 1.82. The van der Waals surface area contributed by atoms with Gasteiger partial charge in [0.15, 0.2) is 11.5 Å². The van der Waals surface area contributed by atoms with Crippen molar-refractivity contribution in [2.45, 2.75) is 18.8 Å². The summed E-state index contributed by atoms with van der Waals surface area (Å²) in [7, 11) is 5.73. The predicted molar refractivity (Wildman–Crippen MR) is 116 cm³/mol. The van der Waals surface area contributed by atoms with Crippen molar-refractivity contribution in [1.29, 1.82) is 0 Å². The molecule has 1 fully saturated rings. The molecule has 0 N–H and O–H groups in total. The summed E-state index contributed by atoms with van der Waals surface area (Å²) in [5.41, 5.74) is 1.49. The number of hydrogen-bond donors (Lipinski definition) is 0. The van der Waals surface area contributed by atoms with Gasteiger partial charge in [-0.2, -0.15) is 4.52 Å². The molecule has 0 atom stereocenters. The quantitative estimate of drug-likeness (QED) is 0.515. The Labute approximate surface area is 173 Å². The van der Waals surface area contributed by atoms with E-state index < -0.39 is 0 Å². The lowest BCUT2D eigenvalue weighted by Crippen LogP contribution is -2.38. The smallest absolute Gasteiger partial charge is 0.262 e. The van der Waals surface area contributed by atoms with Crippen LogP contribution in [-0.2, 0) is 7.05 Å². The average Bonchev–Trinajstić information content (AvgIpc) is 3.19. The first-order chi connectivity index (χ1) is 14.5. The fraction of sp³-hybridized carbons (Fsp3) is 0.381. The van der Waals surface area contributed by atoms with Crippen LogP contribution in [0, 0.1) is 0 Å².